The number of rotatable bonds is 2. The summed E-state index contributed by atoms with van der Waals surface area (Å²) in [5, 5.41) is 8.37. The fourth-order valence-corrected chi connectivity index (χ4v) is 0.986. The van der Waals surface area contributed by atoms with Crippen molar-refractivity contribution in [2.24, 2.45) is 0 Å². The highest BCUT2D eigenvalue weighted by molar-refractivity contribution is 5.70. The number of aliphatic carboxylic acids is 1. The van der Waals surface area contributed by atoms with Crippen LogP contribution in [-0.2, 0) is 17.4 Å². The van der Waals surface area contributed by atoms with Gasteiger partial charge < -0.3 is 10.6 Å². The highest BCUT2D eigenvalue weighted by Crippen LogP contribution is 2.29. The van der Waals surface area contributed by atoms with Gasteiger partial charge in [0.05, 0.1) is 12.0 Å². The largest absolute Gasteiger partial charge is 0.481 e. The summed E-state index contributed by atoms with van der Waals surface area (Å²) < 4.78 is 36.2. The molecule has 1 aromatic rings. The molecule has 0 radical (unpaired) electrons. The van der Waals surface area contributed by atoms with Gasteiger partial charge in [0.2, 0.25) is 0 Å². The van der Waals surface area contributed by atoms with Crippen LogP contribution >= 0.6 is 0 Å². The minimum atomic E-state index is -4.37. The Hall–Kier alpha value is -1.56. The molecule has 0 aromatic heterocycles. The Kier molecular flexibility index (Phi) is 4.29. The molecule has 0 aliphatic heterocycles. The molecule has 0 atom stereocenters. The van der Waals surface area contributed by atoms with Crippen LogP contribution in [0.5, 0.6) is 0 Å². The highest BCUT2D eigenvalue weighted by Gasteiger charge is 2.29. The molecule has 15 heavy (non-hydrogen) atoms. The quantitative estimate of drug-likeness (QED) is 0.823. The van der Waals surface area contributed by atoms with Gasteiger partial charge in [-0.1, -0.05) is 12.1 Å². The lowest BCUT2D eigenvalue weighted by Crippen LogP contribution is -2.05. The molecule has 0 heterocycles. The maximum atomic E-state index is 12.1. The van der Waals surface area contributed by atoms with Gasteiger partial charge in [-0.3, -0.25) is 4.79 Å². The molecule has 6 heteroatoms. The summed E-state index contributed by atoms with van der Waals surface area (Å²) in [4.78, 5) is 10.2. The number of benzene rings is 1. The Balaban J connectivity index is 0.00000196. The monoisotopic (exact) mass is 222 g/mol. The molecular weight excluding hydrogens is 213 g/mol. The number of alkyl halides is 3. The van der Waals surface area contributed by atoms with E-state index in [1.165, 1.54) is 0 Å². The molecule has 0 amide bonds. The Morgan fingerprint density at radius 2 is 1.67 bits per heavy atom. The van der Waals surface area contributed by atoms with Crippen molar-refractivity contribution in [2.45, 2.75) is 12.6 Å². The van der Waals surface area contributed by atoms with Crippen LogP contribution in [0.2, 0.25) is 0 Å². The zero-order valence-corrected chi connectivity index (χ0v) is 7.51. The highest BCUT2D eigenvalue weighted by atomic mass is 19.4. The molecule has 0 unspecified atom stereocenters. The molecule has 0 aliphatic carbocycles. The van der Waals surface area contributed by atoms with Crippen molar-refractivity contribution in [3.8, 4) is 0 Å². The lowest BCUT2D eigenvalue weighted by Gasteiger charge is -2.06. The van der Waals surface area contributed by atoms with Gasteiger partial charge in [-0.2, -0.15) is 13.2 Å². The fourth-order valence-electron chi connectivity index (χ4n) is 0.986. The zero-order valence-electron chi connectivity index (χ0n) is 7.51. The summed E-state index contributed by atoms with van der Waals surface area (Å²) in [5.41, 5.74) is -0.419. The molecule has 3 N–H and O–H groups in total. The Morgan fingerprint density at radius 3 is 2.00 bits per heavy atom. The first-order valence-electron chi connectivity index (χ1n) is 3.77. The number of carboxylic acids is 1. The smallest absolute Gasteiger partial charge is 0.416 e. The van der Waals surface area contributed by atoms with Crippen LogP contribution in [0.25, 0.3) is 0 Å². The van der Waals surface area contributed by atoms with Crippen LogP contribution in [0.15, 0.2) is 24.3 Å². The van der Waals surface area contributed by atoms with Crippen LogP contribution in [0.1, 0.15) is 11.1 Å². The second kappa shape index (κ2) is 4.79. The standard InChI is InChI=1S/C9H7F3O2.H2O/c10-9(11,12)7-3-1-6(2-4-7)5-8(13)14;/h1-4H,5H2,(H,13,14);1H2. The number of carbonyl (C=O) groups is 1. The topological polar surface area (TPSA) is 68.8 Å². The SMILES string of the molecule is O.O=C(O)Cc1ccc(C(F)(F)F)cc1. The number of halogens is 3. The third kappa shape index (κ3) is 3.99. The minimum Gasteiger partial charge on any atom is -0.481 e. The Labute approximate surface area is 83.5 Å². The van der Waals surface area contributed by atoms with Gasteiger partial charge in [0, 0.05) is 0 Å². The van der Waals surface area contributed by atoms with Crippen LogP contribution < -0.4 is 0 Å². The molecule has 3 nitrogen and oxygen atoms in total. The van der Waals surface area contributed by atoms with Crippen molar-refractivity contribution in [1.29, 1.82) is 0 Å². The fraction of sp³-hybridized carbons (Fsp3) is 0.222. The average Bonchev–Trinajstić information content (AvgIpc) is 2.02. The first-order chi connectivity index (χ1) is 6.39. The first kappa shape index (κ1) is 13.4. The van der Waals surface area contributed by atoms with E-state index in [2.05, 4.69) is 0 Å². The summed E-state index contributed by atoms with van der Waals surface area (Å²) in [5.74, 6) is -1.07. The molecule has 84 valence electrons. The van der Waals surface area contributed by atoms with Gasteiger partial charge in [0.15, 0.2) is 0 Å². The Morgan fingerprint density at radius 1 is 1.20 bits per heavy atom. The Bertz CT molecular complexity index is 329. The second-order valence-electron chi connectivity index (χ2n) is 2.77. The van der Waals surface area contributed by atoms with Crippen molar-refractivity contribution in [3.63, 3.8) is 0 Å². The van der Waals surface area contributed by atoms with Gasteiger partial charge in [0.1, 0.15) is 0 Å². The molecule has 0 saturated heterocycles. The predicted octanol–water partition coefficient (Wildman–Crippen LogP) is 1.51. The van der Waals surface area contributed by atoms with E-state index in [-0.39, 0.29) is 11.9 Å². The lowest BCUT2D eigenvalue weighted by atomic mass is 10.1. The van der Waals surface area contributed by atoms with Gasteiger partial charge in [-0.25, -0.2) is 0 Å². The molecule has 0 saturated carbocycles. The third-order valence-electron chi connectivity index (χ3n) is 1.64. The van der Waals surface area contributed by atoms with Crippen molar-refractivity contribution in [2.75, 3.05) is 0 Å². The summed E-state index contributed by atoms with van der Waals surface area (Å²) in [6, 6.07) is 4.07. The van der Waals surface area contributed by atoms with Crippen molar-refractivity contribution in [1.82, 2.24) is 0 Å². The van der Waals surface area contributed by atoms with E-state index in [1.807, 2.05) is 0 Å². The van der Waals surface area contributed by atoms with E-state index in [4.69, 9.17) is 5.11 Å². The second-order valence-corrected chi connectivity index (χ2v) is 2.77. The molecule has 0 bridgehead atoms. The molecule has 1 rings (SSSR count). The van der Waals surface area contributed by atoms with E-state index >= 15 is 0 Å². The van der Waals surface area contributed by atoms with Crippen molar-refractivity contribution >= 4 is 5.97 Å². The van der Waals surface area contributed by atoms with Gasteiger partial charge >= 0.3 is 12.1 Å². The van der Waals surface area contributed by atoms with E-state index < -0.39 is 17.7 Å². The van der Waals surface area contributed by atoms with Crippen LogP contribution in [-0.4, -0.2) is 16.6 Å². The van der Waals surface area contributed by atoms with Gasteiger partial charge in [-0.15, -0.1) is 0 Å². The molecular formula is C9H9F3O3. The maximum Gasteiger partial charge on any atom is 0.416 e. The van der Waals surface area contributed by atoms with Gasteiger partial charge in [0.25, 0.3) is 0 Å². The van der Waals surface area contributed by atoms with Crippen molar-refractivity contribution in [3.05, 3.63) is 35.4 Å². The maximum absolute atomic E-state index is 12.1. The van der Waals surface area contributed by atoms with E-state index in [9.17, 15) is 18.0 Å². The molecule has 0 spiro atoms. The van der Waals surface area contributed by atoms with E-state index in [0.717, 1.165) is 24.3 Å². The molecule has 0 fully saturated rings. The summed E-state index contributed by atoms with van der Waals surface area (Å²) in [6.07, 6.45) is -4.64. The lowest BCUT2D eigenvalue weighted by molar-refractivity contribution is -0.137. The number of carboxylic acid groups (broad SMARTS) is 1. The van der Waals surface area contributed by atoms with Crippen LogP contribution in [0.3, 0.4) is 0 Å². The zero-order chi connectivity index (χ0) is 10.8. The summed E-state index contributed by atoms with van der Waals surface area (Å²) in [6.45, 7) is 0. The molecule has 1 aromatic carbocycles. The normalized spacial score (nSPS) is 10.6. The number of hydrogen-bond donors (Lipinski definition) is 1. The first-order valence-corrected chi connectivity index (χ1v) is 3.77. The van der Waals surface area contributed by atoms with E-state index in [1.54, 1.807) is 0 Å². The van der Waals surface area contributed by atoms with Crippen molar-refractivity contribution < 1.29 is 28.5 Å². The molecule has 0 aliphatic rings. The average molecular weight is 222 g/mol. The minimum absolute atomic E-state index is 0. The van der Waals surface area contributed by atoms with Crippen LogP contribution in [0.4, 0.5) is 13.2 Å². The summed E-state index contributed by atoms with van der Waals surface area (Å²) in [7, 11) is 0. The third-order valence-corrected chi connectivity index (χ3v) is 1.64. The predicted molar refractivity (Wildman–Crippen MR) is 46.4 cm³/mol. The van der Waals surface area contributed by atoms with Gasteiger partial charge in [-0.05, 0) is 17.7 Å². The van der Waals surface area contributed by atoms with Crippen LogP contribution in [0, 0.1) is 0 Å². The number of hydrogen-bond acceptors (Lipinski definition) is 1. The van der Waals surface area contributed by atoms with E-state index in [0.29, 0.717) is 5.56 Å². The summed E-state index contributed by atoms with van der Waals surface area (Å²) >= 11 is 0.